The van der Waals surface area contributed by atoms with Gasteiger partial charge in [-0.1, -0.05) is 6.92 Å². The first-order chi connectivity index (χ1) is 12.9. The van der Waals surface area contributed by atoms with Gasteiger partial charge in [-0.3, -0.25) is 9.78 Å². The lowest BCUT2D eigenvalue weighted by Crippen LogP contribution is -2.19. The standard InChI is InChI=1S/C19H20N2O5S/c1-3-26-19(25)14-11-7-6-10(2)9-13(11)27-17(14)21-16(22)15-12(18(23)24)5-4-8-20-15/h4-5,8,10H,3,6-7,9H2,1-2H3,(H,21,22)(H,23,24). The zero-order chi connectivity index (χ0) is 19.6. The number of carbonyl (C=O) groups excluding carboxylic acids is 2. The predicted octanol–water partition coefficient (Wildman–Crippen LogP) is 3.40. The summed E-state index contributed by atoms with van der Waals surface area (Å²) in [5.74, 6) is -1.87. The average molecular weight is 388 g/mol. The fourth-order valence-corrected chi connectivity index (χ4v) is 4.57. The molecule has 0 saturated heterocycles. The number of esters is 1. The van der Waals surface area contributed by atoms with E-state index in [4.69, 9.17) is 4.74 Å². The molecule has 1 atom stereocenters. The van der Waals surface area contributed by atoms with Crippen LogP contribution in [0.1, 0.15) is 61.9 Å². The Kier molecular flexibility index (Phi) is 5.55. The second-order valence-corrected chi connectivity index (χ2v) is 7.54. The molecule has 0 bridgehead atoms. The van der Waals surface area contributed by atoms with Crippen LogP contribution in [0.5, 0.6) is 0 Å². The van der Waals surface area contributed by atoms with Crippen LogP contribution in [0, 0.1) is 5.92 Å². The van der Waals surface area contributed by atoms with Crippen LogP contribution in [0.2, 0.25) is 0 Å². The minimum absolute atomic E-state index is 0.192. The fraction of sp³-hybridized carbons (Fsp3) is 0.368. The Labute approximate surface area is 160 Å². The normalized spacial score (nSPS) is 15.7. The van der Waals surface area contributed by atoms with Crippen molar-refractivity contribution in [1.82, 2.24) is 4.98 Å². The van der Waals surface area contributed by atoms with Crippen molar-refractivity contribution in [3.63, 3.8) is 0 Å². The third kappa shape index (κ3) is 3.85. The van der Waals surface area contributed by atoms with Crippen molar-refractivity contribution in [3.05, 3.63) is 45.6 Å². The predicted molar refractivity (Wildman–Crippen MR) is 101 cm³/mol. The number of rotatable bonds is 5. The average Bonchev–Trinajstić information content (AvgIpc) is 2.98. The summed E-state index contributed by atoms with van der Waals surface area (Å²) in [6.07, 6.45) is 3.91. The molecule has 0 radical (unpaired) electrons. The smallest absolute Gasteiger partial charge is 0.341 e. The molecule has 2 N–H and O–H groups in total. The second-order valence-electron chi connectivity index (χ2n) is 6.44. The number of ether oxygens (including phenoxy) is 1. The molecule has 0 aromatic carbocycles. The third-order valence-corrected chi connectivity index (χ3v) is 5.64. The lowest BCUT2D eigenvalue weighted by Gasteiger charge is -2.18. The van der Waals surface area contributed by atoms with E-state index in [9.17, 15) is 19.5 Å². The zero-order valence-corrected chi connectivity index (χ0v) is 15.9. The molecule has 0 fully saturated rings. The minimum Gasteiger partial charge on any atom is -0.478 e. The van der Waals surface area contributed by atoms with Gasteiger partial charge in [-0.2, -0.15) is 0 Å². The number of aromatic nitrogens is 1. The number of carbonyl (C=O) groups is 3. The number of nitrogens with one attached hydrogen (secondary N) is 1. The monoisotopic (exact) mass is 388 g/mol. The first-order valence-electron chi connectivity index (χ1n) is 8.73. The Morgan fingerprint density at radius 3 is 2.89 bits per heavy atom. The fourth-order valence-electron chi connectivity index (χ4n) is 3.18. The molecule has 8 heteroatoms. The van der Waals surface area contributed by atoms with Gasteiger partial charge in [0.05, 0.1) is 17.7 Å². The maximum Gasteiger partial charge on any atom is 0.341 e. The molecule has 2 aromatic rings. The molecule has 27 heavy (non-hydrogen) atoms. The van der Waals surface area contributed by atoms with Gasteiger partial charge in [0.25, 0.3) is 5.91 Å². The van der Waals surface area contributed by atoms with Crippen LogP contribution in [0.4, 0.5) is 5.00 Å². The molecule has 0 aliphatic heterocycles. The molecule has 7 nitrogen and oxygen atoms in total. The number of amides is 1. The maximum atomic E-state index is 12.7. The van der Waals surface area contributed by atoms with Gasteiger partial charge in [-0.05, 0) is 49.8 Å². The first kappa shape index (κ1) is 19.0. The molecular formula is C19H20N2O5S. The molecule has 1 aliphatic carbocycles. The Hall–Kier alpha value is -2.74. The highest BCUT2D eigenvalue weighted by Crippen LogP contribution is 2.40. The molecule has 0 saturated carbocycles. The summed E-state index contributed by atoms with van der Waals surface area (Å²) in [5, 5.41) is 12.3. The molecule has 142 valence electrons. The van der Waals surface area contributed by atoms with E-state index in [-0.39, 0.29) is 17.9 Å². The van der Waals surface area contributed by atoms with Crippen LogP contribution in [0.25, 0.3) is 0 Å². The molecule has 2 heterocycles. The van der Waals surface area contributed by atoms with E-state index in [1.54, 1.807) is 6.92 Å². The molecule has 1 aliphatic rings. The van der Waals surface area contributed by atoms with Gasteiger partial charge in [0.2, 0.25) is 0 Å². The molecular weight excluding hydrogens is 368 g/mol. The number of hydrogen-bond acceptors (Lipinski definition) is 6. The van der Waals surface area contributed by atoms with Crippen LogP contribution < -0.4 is 5.32 Å². The van der Waals surface area contributed by atoms with Crippen LogP contribution >= 0.6 is 11.3 Å². The number of thiophene rings is 1. The Morgan fingerprint density at radius 1 is 1.41 bits per heavy atom. The lowest BCUT2D eigenvalue weighted by molar-refractivity contribution is 0.0526. The molecule has 3 rings (SSSR count). The van der Waals surface area contributed by atoms with Gasteiger partial charge >= 0.3 is 11.9 Å². The summed E-state index contributed by atoms with van der Waals surface area (Å²) >= 11 is 1.35. The number of pyridine rings is 1. The summed E-state index contributed by atoms with van der Waals surface area (Å²) in [5.41, 5.74) is 0.915. The van der Waals surface area contributed by atoms with E-state index in [0.29, 0.717) is 16.5 Å². The summed E-state index contributed by atoms with van der Waals surface area (Å²) in [4.78, 5) is 41.5. The van der Waals surface area contributed by atoms with E-state index in [2.05, 4.69) is 17.2 Å². The highest BCUT2D eigenvalue weighted by Gasteiger charge is 2.30. The van der Waals surface area contributed by atoms with E-state index in [0.717, 1.165) is 29.7 Å². The van der Waals surface area contributed by atoms with Crippen LogP contribution in [0.3, 0.4) is 0 Å². The Bertz CT molecular complexity index is 906. The third-order valence-electron chi connectivity index (χ3n) is 4.47. The van der Waals surface area contributed by atoms with Crippen LogP contribution in [0.15, 0.2) is 18.3 Å². The van der Waals surface area contributed by atoms with Crippen molar-refractivity contribution < 1.29 is 24.2 Å². The summed E-state index contributed by atoms with van der Waals surface area (Å²) in [6, 6.07) is 2.77. The summed E-state index contributed by atoms with van der Waals surface area (Å²) in [7, 11) is 0. The number of fused-ring (bicyclic) bond motifs is 1. The van der Waals surface area contributed by atoms with Crippen LogP contribution in [-0.4, -0.2) is 34.5 Å². The van der Waals surface area contributed by atoms with Crippen molar-refractivity contribution in [2.75, 3.05) is 11.9 Å². The Balaban J connectivity index is 1.98. The molecule has 1 unspecified atom stereocenters. The van der Waals surface area contributed by atoms with E-state index in [1.807, 2.05) is 0 Å². The molecule has 0 spiro atoms. The van der Waals surface area contributed by atoms with Gasteiger partial charge < -0.3 is 15.2 Å². The van der Waals surface area contributed by atoms with Gasteiger partial charge in [0, 0.05) is 11.1 Å². The van der Waals surface area contributed by atoms with Crippen molar-refractivity contribution in [2.45, 2.75) is 33.1 Å². The number of anilines is 1. The van der Waals surface area contributed by atoms with Crippen molar-refractivity contribution in [1.29, 1.82) is 0 Å². The number of aromatic carboxylic acids is 1. The Morgan fingerprint density at radius 2 is 2.19 bits per heavy atom. The second kappa shape index (κ2) is 7.87. The van der Waals surface area contributed by atoms with Crippen LogP contribution in [-0.2, 0) is 17.6 Å². The largest absolute Gasteiger partial charge is 0.478 e. The van der Waals surface area contributed by atoms with E-state index in [1.165, 1.54) is 29.7 Å². The SMILES string of the molecule is CCOC(=O)c1c(NC(=O)c2ncccc2C(=O)O)sc2c1CCC(C)C2. The first-order valence-corrected chi connectivity index (χ1v) is 9.55. The van der Waals surface area contributed by atoms with Gasteiger partial charge in [0.1, 0.15) is 10.7 Å². The lowest BCUT2D eigenvalue weighted by atomic mass is 9.88. The van der Waals surface area contributed by atoms with Gasteiger partial charge in [-0.15, -0.1) is 11.3 Å². The van der Waals surface area contributed by atoms with Crippen molar-refractivity contribution >= 4 is 34.2 Å². The zero-order valence-electron chi connectivity index (χ0n) is 15.1. The minimum atomic E-state index is -1.24. The summed E-state index contributed by atoms with van der Waals surface area (Å²) < 4.78 is 5.18. The topological polar surface area (TPSA) is 106 Å². The highest BCUT2D eigenvalue weighted by atomic mass is 32.1. The molecule has 2 aromatic heterocycles. The van der Waals surface area contributed by atoms with E-state index >= 15 is 0 Å². The number of hydrogen-bond donors (Lipinski definition) is 2. The highest BCUT2D eigenvalue weighted by molar-refractivity contribution is 7.17. The van der Waals surface area contributed by atoms with Gasteiger partial charge in [-0.25, -0.2) is 9.59 Å². The maximum absolute atomic E-state index is 12.7. The summed E-state index contributed by atoms with van der Waals surface area (Å²) in [6.45, 7) is 4.11. The van der Waals surface area contributed by atoms with Gasteiger partial charge in [0.15, 0.2) is 0 Å². The van der Waals surface area contributed by atoms with Crippen molar-refractivity contribution in [2.24, 2.45) is 5.92 Å². The number of carboxylic acid groups (broad SMARTS) is 1. The quantitative estimate of drug-likeness (QED) is 0.761. The van der Waals surface area contributed by atoms with Crippen molar-refractivity contribution in [3.8, 4) is 0 Å². The van der Waals surface area contributed by atoms with E-state index < -0.39 is 17.8 Å². The molecule has 1 amide bonds. The number of carboxylic acids is 1. The number of nitrogens with zero attached hydrogens (tertiary/aromatic N) is 1.